The van der Waals surface area contributed by atoms with E-state index in [1.54, 1.807) is 11.8 Å². The quantitative estimate of drug-likeness (QED) is 0.895. The number of hydrogen-bond donors (Lipinski definition) is 2. The molecule has 1 unspecified atom stereocenters. The predicted octanol–water partition coefficient (Wildman–Crippen LogP) is 2.03. The van der Waals surface area contributed by atoms with Crippen LogP contribution >= 0.6 is 0 Å². The van der Waals surface area contributed by atoms with Crippen molar-refractivity contribution in [3.05, 3.63) is 47.6 Å². The Hall–Kier alpha value is -2.41. The normalized spacial score (nSPS) is 16.8. The van der Waals surface area contributed by atoms with Gasteiger partial charge in [-0.25, -0.2) is 4.79 Å². The summed E-state index contributed by atoms with van der Waals surface area (Å²) < 4.78 is 4.87. The summed E-state index contributed by atoms with van der Waals surface area (Å²) in [5.41, 5.74) is 0.938. The molecule has 0 spiro atoms. The highest BCUT2D eigenvalue weighted by Gasteiger charge is 2.28. The number of carbonyl (C=O) groups is 1. The SMILES string of the molecule is Cc1nc(CNC(=O)N2CCC(C(O)c3ccccc3)CC2)no1. The van der Waals surface area contributed by atoms with Gasteiger partial charge in [-0.15, -0.1) is 0 Å². The van der Waals surface area contributed by atoms with Gasteiger partial charge >= 0.3 is 6.03 Å². The summed E-state index contributed by atoms with van der Waals surface area (Å²) in [6.45, 7) is 3.22. The number of aromatic nitrogens is 2. The maximum Gasteiger partial charge on any atom is 0.317 e. The number of nitrogens with zero attached hydrogens (tertiary/aromatic N) is 3. The molecule has 1 aliphatic heterocycles. The number of hydrogen-bond acceptors (Lipinski definition) is 5. The number of likely N-dealkylation sites (tertiary alicyclic amines) is 1. The van der Waals surface area contributed by atoms with E-state index >= 15 is 0 Å². The molecular formula is C17H22N4O3. The van der Waals surface area contributed by atoms with Crippen molar-refractivity contribution in [2.24, 2.45) is 5.92 Å². The third kappa shape index (κ3) is 3.91. The summed E-state index contributed by atoms with van der Waals surface area (Å²) >= 11 is 0. The van der Waals surface area contributed by atoms with Gasteiger partial charge in [-0.05, 0) is 24.3 Å². The molecule has 0 radical (unpaired) electrons. The van der Waals surface area contributed by atoms with E-state index < -0.39 is 6.10 Å². The van der Waals surface area contributed by atoms with E-state index in [0.29, 0.717) is 24.8 Å². The van der Waals surface area contributed by atoms with E-state index in [0.717, 1.165) is 18.4 Å². The van der Waals surface area contributed by atoms with E-state index in [9.17, 15) is 9.90 Å². The van der Waals surface area contributed by atoms with Gasteiger partial charge in [-0.3, -0.25) is 0 Å². The molecule has 1 saturated heterocycles. The third-order valence-electron chi connectivity index (χ3n) is 4.38. The van der Waals surface area contributed by atoms with Crippen LogP contribution in [0.1, 0.15) is 36.2 Å². The number of aliphatic hydroxyl groups is 1. The lowest BCUT2D eigenvalue weighted by Gasteiger charge is -2.34. The molecule has 1 aromatic heterocycles. The minimum absolute atomic E-state index is 0.134. The maximum atomic E-state index is 12.2. The standard InChI is InChI=1S/C17H22N4O3/c1-12-19-15(20-24-12)11-18-17(23)21-9-7-14(8-10-21)16(22)13-5-3-2-4-6-13/h2-6,14,16,22H,7-11H2,1H3,(H,18,23). The molecule has 0 bridgehead atoms. The Morgan fingerprint density at radius 2 is 2.08 bits per heavy atom. The largest absolute Gasteiger partial charge is 0.388 e. The maximum absolute atomic E-state index is 12.2. The molecule has 1 atom stereocenters. The lowest BCUT2D eigenvalue weighted by atomic mass is 9.87. The van der Waals surface area contributed by atoms with E-state index in [1.807, 2.05) is 30.3 Å². The number of benzene rings is 1. The molecule has 2 amide bonds. The first-order valence-electron chi connectivity index (χ1n) is 8.18. The number of piperidine rings is 1. The molecule has 1 aromatic carbocycles. The fraction of sp³-hybridized carbons (Fsp3) is 0.471. The zero-order chi connectivity index (χ0) is 16.9. The van der Waals surface area contributed by atoms with Gasteiger partial charge in [0.1, 0.15) is 0 Å². The highest BCUT2D eigenvalue weighted by Crippen LogP contribution is 2.30. The van der Waals surface area contributed by atoms with Gasteiger partial charge in [-0.2, -0.15) is 4.98 Å². The second-order valence-electron chi connectivity index (χ2n) is 6.07. The zero-order valence-corrected chi connectivity index (χ0v) is 13.7. The minimum Gasteiger partial charge on any atom is -0.388 e. The molecule has 1 fully saturated rings. The van der Waals surface area contributed by atoms with Crippen LogP contribution in [0.25, 0.3) is 0 Å². The number of nitrogens with one attached hydrogen (secondary N) is 1. The van der Waals surface area contributed by atoms with Gasteiger partial charge in [0.05, 0.1) is 12.6 Å². The van der Waals surface area contributed by atoms with Crippen molar-refractivity contribution >= 4 is 6.03 Å². The molecule has 2 aromatic rings. The summed E-state index contributed by atoms with van der Waals surface area (Å²) in [7, 11) is 0. The van der Waals surface area contributed by atoms with Gasteiger partial charge in [0, 0.05) is 20.0 Å². The summed E-state index contributed by atoms with van der Waals surface area (Å²) in [4.78, 5) is 18.0. The van der Waals surface area contributed by atoms with Crippen LogP contribution in [0.15, 0.2) is 34.9 Å². The van der Waals surface area contributed by atoms with Crippen LogP contribution in [-0.4, -0.2) is 39.3 Å². The van der Waals surface area contributed by atoms with E-state index in [4.69, 9.17) is 4.52 Å². The van der Waals surface area contributed by atoms with E-state index in [-0.39, 0.29) is 18.5 Å². The molecule has 7 heteroatoms. The van der Waals surface area contributed by atoms with Crippen molar-refractivity contribution in [1.82, 2.24) is 20.4 Å². The van der Waals surface area contributed by atoms with Gasteiger partial charge < -0.3 is 19.8 Å². The molecule has 128 valence electrons. The Labute approximate surface area is 140 Å². The highest BCUT2D eigenvalue weighted by atomic mass is 16.5. The summed E-state index contributed by atoms with van der Waals surface area (Å²) in [6, 6.07) is 9.55. The second kappa shape index (κ2) is 7.44. The average Bonchev–Trinajstić information content (AvgIpc) is 3.05. The first-order valence-corrected chi connectivity index (χ1v) is 8.18. The number of aryl methyl sites for hydroxylation is 1. The van der Waals surface area contributed by atoms with Crippen LogP contribution in [0, 0.1) is 12.8 Å². The lowest BCUT2D eigenvalue weighted by molar-refractivity contribution is 0.0664. The average molecular weight is 330 g/mol. The minimum atomic E-state index is -0.473. The molecule has 3 rings (SSSR count). The van der Waals surface area contributed by atoms with Crippen LogP contribution < -0.4 is 5.32 Å². The van der Waals surface area contributed by atoms with Crippen LogP contribution in [0.3, 0.4) is 0 Å². The first kappa shape index (κ1) is 16.4. The fourth-order valence-corrected chi connectivity index (χ4v) is 3.02. The second-order valence-corrected chi connectivity index (χ2v) is 6.07. The van der Waals surface area contributed by atoms with E-state index in [1.165, 1.54) is 0 Å². The Bertz CT molecular complexity index is 665. The summed E-state index contributed by atoms with van der Waals surface area (Å²) in [5.74, 6) is 1.13. The number of carbonyl (C=O) groups excluding carboxylic acids is 1. The Kier molecular flexibility index (Phi) is 5.10. The smallest absolute Gasteiger partial charge is 0.317 e. The van der Waals surface area contributed by atoms with Crippen LogP contribution in [-0.2, 0) is 6.54 Å². The summed E-state index contributed by atoms with van der Waals surface area (Å²) in [6.07, 6.45) is 1.09. The van der Waals surface area contributed by atoms with Crippen LogP contribution in [0.5, 0.6) is 0 Å². The Morgan fingerprint density at radius 3 is 2.71 bits per heavy atom. The van der Waals surface area contributed by atoms with Gasteiger partial charge in [0.25, 0.3) is 0 Å². The van der Waals surface area contributed by atoms with E-state index in [2.05, 4.69) is 15.5 Å². The molecule has 2 heterocycles. The van der Waals surface area contributed by atoms with Crippen molar-refractivity contribution in [1.29, 1.82) is 0 Å². The topological polar surface area (TPSA) is 91.5 Å². The van der Waals surface area contributed by atoms with Crippen molar-refractivity contribution < 1.29 is 14.4 Å². The number of aliphatic hydroxyl groups excluding tert-OH is 1. The molecule has 7 nitrogen and oxygen atoms in total. The van der Waals surface area contributed by atoms with Crippen LogP contribution in [0.4, 0.5) is 4.79 Å². The monoisotopic (exact) mass is 330 g/mol. The highest BCUT2D eigenvalue weighted by molar-refractivity contribution is 5.74. The van der Waals surface area contributed by atoms with Crippen molar-refractivity contribution in [3.63, 3.8) is 0 Å². The van der Waals surface area contributed by atoms with Crippen molar-refractivity contribution in [3.8, 4) is 0 Å². The Morgan fingerprint density at radius 1 is 1.38 bits per heavy atom. The third-order valence-corrected chi connectivity index (χ3v) is 4.38. The number of urea groups is 1. The van der Waals surface area contributed by atoms with Crippen LogP contribution in [0.2, 0.25) is 0 Å². The molecule has 24 heavy (non-hydrogen) atoms. The number of amides is 2. The summed E-state index contributed by atoms with van der Waals surface area (Å²) in [5, 5.41) is 17.0. The lowest BCUT2D eigenvalue weighted by Crippen LogP contribution is -2.45. The Balaban J connectivity index is 1.47. The fourth-order valence-electron chi connectivity index (χ4n) is 3.02. The molecular weight excluding hydrogens is 308 g/mol. The zero-order valence-electron chi connectivity index (χ0n) is 13.7. The molecule has 0 aliphatic carbocycles. The first-order chi connectivity index (χ1) is 11.6. The molecule has 1 aliphatic rings. The van der Waals surface area contributed by atoms with Crippen molar-refractivity contribution in [2.75, 3.05) is 13.1 Å². The molecule has 2 N–H and O–H groups in total. The van der Waals surface area contributed by atoms with Gasteiger partial charge in [-0.1, -0.05) is 35.5 Å². The van der Waals surface area contributed by atoms with Gasteiger partial charge in [0.15, 0.2) is 5.82 Å². The predicted molar refractivity (Wildman–Crippen MR) is 87.0 cm³/mol. The molecule has 0 saturated carbocycles. The van der Waals surface area contributed by atoms with Gasteiger partial charge in [0.2, 0.25) is 5.89 Å². The van der Waals surface area contributed by atoms with Crippen molar-refractivity contribution in [2.45, 2.75) is 32.4 Å². The number of rotatable bonds is 4.